The highest BCUT2D eigenvalue weighted by Crippen LogP contribution is 2.46. The summed E-state index contributed by atoms with van der Waals surface area (Å²) < 4.78 is 44.3. The van der Waals surface area contributed by atoms with Crippen LogP contribution in [0, 0.1) is 0 Å². The van der Waals surface area contributed by atoms with Gasteiger partial charge in [0.25, 0.3) is 5.56 Å². The molecule has 2 N–H and O–H groups in total. The number of H-pyrrole nitrogens is 1. The monoisotopic (exact) mass is 414 g/mol. The number of nitrogens with zero attached hydrogens (tertiary/aromatic N) is 1. The fraction of sp³-hybridized carbons (Fsp3) is 0.412. The average Bonchev–Trinajstić information content (AvgIpc) is 2.91. The highest BCUT2D eigenvalue weighted by Gasteiger charge is 2.57. The fourth-order valence-corrected chi connectivity index (χ4v) is 3.95. The molecule has 1 fully saturated rings. The Labute approximate surface area is 159 Å². The Hall–Kier alpha value is -2.10. The van der Waals surface area contributed by atoms with Crippen LogP contribution in [-0.4, -0.2) is 39.1 Å². The molecule has 152 valence electrons. The standard InChI is InChI=1S/C17H20FN2O7P/c1-17(18)14(27-28(24)25-10-11-5-3-2-4-6-11)12(9-21)26-15(17)20-8-7-13(22)19-16(20)23/h2-8,12,14-15,21,28H,9-10H2,1H3,(H,19,22,23)/t12-,14-,15-,17-/m1/s1. The maximum absolute atomic E-state index is 15.5. The summed E-state index contributed by atoms with van der Waals surface area (Å²) >= 11 is 0. The van der Waals surface area contributed by atoms with Gasteiger partial charge in [0.1, 0.15) is 12.2 Å². The lowest BCUT2D eigenvalue weighted by Gasteiger charge is -2.27. The molecule has 0 aliphatic carbocycles. The number of ether oxygens (including phenoxy) is 1. The number of alkyl halides is 1. The number of hydrogen-bond donors (Lipinski definition) is 2. The lowest BCUT2D eigenvalue weighted by Crippen LogP contribution is -2.44. The largest absolute Gasteiger partial charge is 0.394 e. The third kappa shape index (κ3) is 4.31. The van der Waals surface area contributed by atoms with Crippen LogP contribution in [0.15, 0.2) is 52.2 Å². The Morgan fingerprint density at radius 2 is 2.04 bits per heavy atom. The fourth-order valence-electron chi connectivity index (χ4n) is 3.01. The first kappa shape index (κ1) is 20.6. The molecular weight excluding hydrogens is 394 g/mol. The summed E-state index contributed by atoms with van der Waals surface area (Å²) in [7, 11) is -3.13. The van der Waals surface area contributed by atoms with Gasteiger partial charge >= 0.3 is 13.9 Å². The van der Waals surface area contributed by atoms with Crippen LogP contribution < -0.4 is 11.2 Å². The maximum Gasteiger partial charge on any atom is 0.330 e. The molecule has 9 nitrogen and oxygen atoms in total. The molecule has 1 aromatic heterocycles. The lowest BCUT2D eigenvalue weighted by molar-refractivity contribution is -0.0611. The van der Waals surface area contributed by atoms with Crippen molar-refractivity contribution in [2.45, 2.75) is 37.6 Å². The number of hydrogen-bond acceptors (Lipinski definition) is 7. The summed E-state index contributed by atoms with van der Waals surface area (Å²) in [4.78, 5) is 25.2. The normalized spacial score (nSPS) is 28.3. The molecule has 1 aliphatic rings. The van der Waals surface area contributed by atoms with Crippen molar-refractivity contribution < 1.29 is 27.8 Å². The third-order valence-electron chi connectivity index (χ3n) is 4.39. The van der Waals surface area contributed by atoms with E-state index in [1.807, 2.05) is 11.1 Å². The number of benzene rings is 1. The quantitative estimate of drug-likeness (QED) is 0.652. The maximum atomic E-state index is 15.5. The molecule has 0 spiro atoms. The minimum atomic E-state index is -3.13. The number of rotatable bonds is 7. The second-order valence-electron chi connectivity index (χ2n) is 6.44. The van der Waals surface area contributed by atoms with Crippen LogP contribution in [0.3, 0.4) is 0 Å². The number of nitrogens with one attached hydrogen (secondary N) is 1. The van der Waals surface area contributed by atoms with Crippen molar-refractivity contribution in [1.29, 1.82) is 0 Å². The topological polar surface area (TPSA) is 120 Å². The van der Waals surface area contributed by atoms with Crippen molar-refractivity contribution in [2.24, 2.45) is 0 Å². The Balaban J connectivity index is 1.75. The zero-order valence-electron chi connectivity index (χ0n) is 14.9. The highest BCUT2D eigenvalue weighted by atomic mass is 31.1. The van der Waals surface area contributed by atoms with E-state index < -0.39 is 50.2 Å². The molecular formula is C17H20FN2O7P. The second kappa shape index (κ2) is 8.50. The predicted octanol–water partition coefficient (Wildman–Crippen LogP) is 1.15. The Morgan fingerprint density at radius 3 is 2.68 bits per heavy atom. The first-order valence-corrected chi connectivity index (χ1v) is 9.69. The zero-order valence-corrected chi connectivity index (χ0v) is 15.9. The number of halogens is 1. The van der Waals surface area contributed by atoms with Crippen LogP contribution >= 0.6 is 8.25 Å². The van der Waals surface area contributed by atoms with Gasteiger partial charge in [-0.05, 0) is 12.5 Å². The van der Waals surface area contributed by atoms with Crippen molar-refractivity contribution >= 4 is 8.25 Å². The molecule has 0 amide bonds. The van der Waals surface area contributed by atoms with E-state index in [9.17, 15) is 19.3 Å². The summed E-state index contributed by atoms with van der Waals surface area (Å²) in [6.45, 7) is 0.469. The zero-order chi connectivity index (χ0) is 20.3. The molecule has 2 aromatic rings. The molecule has 1 aliphatic heterocycles. The SMILES string of the molecule is C[C@@]1(F)[C@H](O[PH](=O)OCc2ccccc2)[C@@H](CO)O[C@H]1n1ccc(=O)[nH]c1=O. The van der Waals surface area contributed by atoms with Crippen LogP contribution in [-0.2, 0) is 25.0 Å². The van der Waals surface area contributed by atoms with Gasteiger partial charge in [-0.15, -0.1) is 0 Å². The molecule has 1 aromatic carbocycles. The summed E-state index contributed by atoms with van der Waals surface area (Å²) in [6, 6.07) is 9.96. The van der Waals surface area contributed by atoms with E-state index in [0.29, 0.717) is 0 Å². The molecule has 3 rings (SSSR count). The number of aromatic amines is 1. The van der Waals surface area contributed by atoms with Gasteiger partial charge in [0.2, 0.25) is 0 Å². The van der Waals surface area contributed by atoms with Gasteiger partial charge < -0.3 is 18.9 Å². The highest BCUT2D eigenvalue weighted by molar-refractivity contribution is 7.33. The van der Waals surface area contributed by atoms with Crippen molar-refractivity contribution in [3.05, 3.63) is 69.0 Å². The molecule has 1 unspecified atom stereocenters. The van der Waals surface area contributed by atoms with Gasteiger partial charge in [-0.3, -0.25) is 18.9 Å². The van der Waals surface area contributed by atoms with E-state index in [1.54, 1.807) is 24.3 Å². The van der Waals surface area contributed by atoms with Crippen LogP contribution in [0.4, 0.5) is 4.39 Å². The van der Waals surface area contributed by atoms with Gasteiger partial charge in [0.05, 0.1) is 13.2 Å². The first-order valence-electron chi connectivity index (χ1n) is 8.47. The minimum absolute atomic E-state index is 0.00180. The summed E-state index contributed by atoms with van der Waals surface area (Å²) in [5, 5.41) is 9.52. The number of aliphatic hydroxyl groups is 1. The van der Waals surface area contributed by atoms with E-state index in [1.165, 1.54) is 0 Å². The van der Waals surface area contributed by atoms with E-state index in [2.05, 4.69) is 0 Å². The Bertz CT molecular complexity index is 946. The number of aliphatic hydroxyl groups excluding tert-OH is 1. The molecule has 0 saturated carbocycles. The molecule has 5 atom stereocenters. The van der Waals surface area contributed by atoms with E-state index >= 15 is 4.39 Å². The summed E-state index contributed by atoms with van der Waals surface area (Å²) in [6.07, 6.45) is -3.06. The second-order valence-corrected chi connectivity index (χ2v) is 7.47. The first-order chi connectivity index (χ1) is 13.3. The van der Waals surface area contributed by atoms with Crippen molar-refractivity contribution in [1.82, 2.24) is 9.55 Å². The van der Waals surface area contributed by atoms with E-state index in [4.69, 9.17) is 13.8 Å². The van der Waals surface area contributed by atoms with Crippen LogP contribution in [0.1, 0.15) is 18.7 Å². The van der Waals surface area contributed by atoms with Crippen molar-refractivity contribution in [2.75, 3.05) is 6.61 Å². The van der Waals surface area contributed by atoms with Crippen molar-refractivity contribution in [3.63, 3.8) is 0 Å². The Morgan fingerprint density at radius 1 is 1.32 bits per heavy atom. The van der Waals surface area contributed by atoms with Gasteiger partial charge in [0.15, 0.2) is 11.9 Å². The Kier molecular flexibility index (Phi) is 6.26. The predicted molar refractivity (Wildman–Crippen MR) is 96.9 cm³/mol. The van der Waals surface area contributed by atoms with Crippen molar-refractivity contribution in [3.8, 4) is 0 Å². The van der Waals surface area contributed by atoms with Gasteiger partial charge in [-0.2, -0.15) is 0 Å². The molecule has 0 radical (unpaired) electrons. The van der Waals surface area contributed by atoms with Gasteiger partial charge in [-0.25, -0.2) is 9.18 Å². The van der Waals surface area contributed by atoms with Crippen LogP contribution in [0.25, 0.3) is 0 Å². The summed E-state index contributed by atoms with van der Waals surface area (Å²) in [5.41, 5.74) is -3.12. The van der Waals surface area contributed by atoms with Crippen LogP contribution in [0.2, 0.25) is 0 Å². The number of aromatic nitrogens is 2. The third-order valence-corrected chi connectivity index (χ3v) is 5.21. The molecule has 1 saturated heterocycles. The summed E-state index contributed by atoms with van der Waals surface area (Å²) in [5.74, 6) is 0. The lowest BCUT2D eigenvalue weighted by atomic mass is 9.98. The van der Waals surface area contributed by atoms with Gasteiger partial charge in [0, 0.05) is 12.3 Å². The average molecular weight is 414 g/mol. The molecule has 0 bridgehead atoms. The van der Waals surface area contributed by atoms with Crippen LogP contribution in [0.5, 0.6) is 0 Å². The molecule has 2 heterocycles. The van der Waals surface area contributed by atoms with Gasteiger partial charge in [-0.1, -0.05) is 30.3 Å². The van der Waals surface area contributed by atoms with E-state index in [0.717, 1.165) is 29.3 Å². The smallest absolute Gasteiger partial charge is 0.330 e. The van der Waals surface area contributed by atoms with E-state index in [-0.39, 0.29) is 6.61 Å². The molecule has 11 heteroatoms. The minimum Gasteiger partial charge on any atom is -0.394 e. The molecule has 28 heavy (non-hydrogen) atoms.